The lowest BCUT2D eigenvalue weighted by molar-refractivity contribution is 0.943. The molecule has 0 saturated heterocycles. The average molecular weight is 308 g/mol. The van der Waals surface area contributed by atoms with Crippen molar-refractivity contribution < 1.29 is 0 Å². The Kier molecular flexibility index (Phi) is 3.05. The summed E-state index contributed by atoms with van der Waals surface area (Å²) < 4.78 is 1.73. The minimum atomic E-state index is 0.648. The number of benzene rings is 1. The molecule has 0 radical (unpaired) electrons. The molecule has 0 fully saturated rings. The van der Waals surface area contributed by atoms with Crippen LogP contribution in [0, 0.1) is 6.92 Å². The molecule has 1 N–H and O–H groups in total. The lowest BCUT2D eigenvalue weighted by Gasteiger charge is -1.90. The van der Waals surface area contributed by atoms with Crippen LogP contribution in [0.3, 0.4) is 0 Å². The zero-order valence-electron chi connectivity index (χ0n) is 11.8. The summed E-state index contributed by atoms with van der Waals surface area (Å²) in [5, 5.41) is 20.8. The molecular weight excluding hydrogens is 296 g/mol. The quantitative estimate of drug-likeness (QED) is 0.631. The molecule has 4 rings (SSSR count). The highest BCUT2D eigenvalue weighted by molar-refractivity contribution is 7.17. The molecule has 1 aromatic carbocycles. The van der Waals surface area contributed by atoms with Gasteiger partial charge in [-0.3, -0.25) is 5.10 Å². The number of rotatable bonds is 3. The Morgan fingerprint density at radius 2 is 2.00 bits per heavy atom. The minimum absolute atomic E-state index is 0.648. The van der Waals surface area contributed by atoms with Gasteiger partial charge in [-0.1, -0.05) is 47.7 Å². The lowest BCUT2D eigenvalue weighted by Crippen LogP contribution is -1.90. The van der Waals surface area contributed by atoms with Crippen molar-refractivity contribution in [2.24, 2.45) is 0 Å². The highest BCUT2D eigenvalue weighted by Gasteiger charge is 2.14. The fourth-order valence-corrected chi connectivity index (χ4v) is 2.86. The SMILES string of the molecule is Cc1cc(-c2nnc3sc(/C=C/c4ccccc4)nn23)n[nH]1. The van der Waals surface area contributed by atoms with Gasteiger partial charge in [-0.2, -0.15) is 14.7 Å². The number of aromatic amines is 1. The van der Waals surface area contributed by atoms with Gasteiger partial charge >= 0.3 is 0 Å². The number of hydrogen-bond donors (Lipinski definition) is 1. The van der Waals surface area contributed by atoms with Crippen LogP contribution in [0.4, 0.5) is 0 Å². The van der Waals surface area contributed by atoms with Crippen molar-refractivity contribution in [1.29, 1.82) is 0 Å². The summed E-state index contributed by atoms with van der Waals surface area (Å²) in [5.41, 5.74) is 2.86. The summed E-state index contributed by atoms with van der Waals surface area (Å²) in [6, 6.07) is 12.0. The molecule has 6 nitrogen and oxygen atoms in total. The topological polar surface area (TPSA) is 71.8 Å². The van der Waals surface area contributed by atoms with Crippen LogP contribution in [0.1, 0.15) is 16.3 Å². The molecule has 4 aromatic rings. The molecule has 0 amide bonds. The maximum atomic E-state index is 4.54. The maximum absolute atomic E-state index is 4.54. The van der Waals surface area contributed by atoms with E-state index in [4.69, 9.17) is 0 Å². The number of H-pyrrole nitrogens is 1. The minimum Gasteiger partial charge on any atom is -0.282 e. The smallest absolute Gasteiger partial charge is 0.235 e. The molecule has 0 unspecified atom stereocenters. The standard InChI is InChI=1S/C15H12N6S/c1-10-9-12(17-16-10)14-18-19-15-21(14)20-13(22-15)8-7-11-5-3-2-4-6-11/h2-9H,1H3,(H,16,17)/b8-7+. The molecule has 3 heterocycles. The van der Waals surface area contributed by atoms with Gasteiger partial charge in [-0.05, 0) is 24.6 Å². The molecule has 22 heavy (non-hydrogen) atoms. The molecule has 0 bridgehead atoms. The predicted octanol–water partition coefficient (Wildman–Crippen LogP) is 3.05. The number of aromatic nitrogens is 6. The lowest BCUT2D eigenvalue weighted by atomic mass is 10.2. The summed E-state index contributed by atoms with van der Waals surface area (Å²) in [4.78, 5) is 0.753. The Balaban J connectivity index is 1.70. The van der Waals surface area contributed by atoms with Crippen LogP contribution >= 0.6 is 11.3 Å². The third kappa shape index (κ3) is 2.31. The van der Waals surface area contributed by atoms with E-state index in [2.05, 4.69) is 37.6 Å². The van der Waals surface area contributed by atoms with Gasteiger partial charge in [-0.25, -0.2) is 0 Å². The van der Waals surface area contributed by atoms with Crippen LogP contribution in [0.2, 0.25) is 0 Å². The van der Waals surface area contributed by atoms with Gasteiger partial charge < -0.3 is 0 Å². The van der Waals surface area contributed by atoms with Crippen molar-refractivity contribution in [3.05, 3.63) is 52.7 Å². The van der Waals surface area contributed by atoms with Crippen LogP contribution < -0.4 is 0 Å². The molecule has 0 aliphatic carbocycles. The van der Waals surface area contributed by atoms with E-state index >= 15 is 0 Å². The van der Waals surface area contributed by atoms with E-state index < -0.39 is 0 Å². The zero-order chi connectivity index (χ0) is 14.9. The van der Waals surface area contributed by atoms with Gasteiger partial charge in [0.2, 0.25) is 10.8 Å². The number of fused-ring (bicyclic) bond motifs is 1. The van der Waals surface area contributed by atoms with E-state index in [0.717, 1.165) is 26.9 Å². The molecule has 0 spiro atoms. The van der Waals surface area contributed by atoms with E-state index in [-0.39, 0.29) is 0 Å². The molecule has 3 aromatic heterocycles. The Labute approximate surface area is 130 Å². The van der Waals surface area contributed by atoms with Crippen molar-refractivity contribution in [3.63, 3.8) is 0 Å². The second-order valence-corrected chi connectivity index (χ2v) is 5.83. The molecule has 0 saturated carbocycles. The van der Waals surface area contributed by atoms with E-state index in [0.29, 0.717) is 5.82 Å². The Bertz CT molecular complexity index is 947. The zero-order valence-corrected chi connectivity index (χ0v) is 12.6. The van der Waals surface area contributed by atoms with Gasteiger partial charge in [0.1, 0.15) is 10.7 Å². The van der Waals surface area contributed by atoms with Crippen LogP contribution in [0.5, 0.6) is 0 Å². The number of hydrogen-bond acceptors (Lipinski definition) is 5. The van der Waals surface area contributed by atoms with Gasteiger partial charge in [0.05, 0.1) is 0 Å². The van der Waals surface area contributed by atoms with Gasteiger partial charge in [0, 0.05) is 5.69 Å². The van der Waals surface area contributed by atoms with Crippen LogP contribution in [-0.4, -0.2) is 30.0 Å². The second kappa shape index (κ2) is 5.19. The van der Waals surface area contributed by atoms with Crippen molar-refractivity contribution in [2.75, 3.05) is 0 Å². The third-order valence-corrected chi connectivity index (χ3v) is 4.02. The Morgan fingerprint density at radius 3 is 2.77 bits per heavy atom. The molecule has 0 aliphatic heterocycles. The van der Waals surface area contributed by atoms with Crippen molar-refractivity contribution in [2.45, 2.75) is 6.92 Å². The first-order chi connectivity index (χ1) is 10.8. The molecule has 0 atom stereocenters. The first-order valence-electron chi connectivity index (χ1n) is 6.77. The van der Waals surface area contributed by atoms with E-state index in [1.165, 1.54) is 11.3 Å². The molecule has 0 aliphatic rings. The largest absolute Gasteiger partial charge is 0.282 e. The fourth-order valence-electron chi connectivity index (χ4n) is 2.12. The van der Waals surface area contributed by atoms with E-state index in [9.17, 15) is 0 Å². The Hall–Kier alpha value is -2.80. The van der Waals surface area contributed by atoms with Crippen LogP contribution in [0.25, 0.3) is 28.6 Å². The summed E-state index contributed by atoms with van der Waals surface area (Å²) in [6.07, 6.45) is 4.01. The van der Waals surface area contributed by atoms with Gasteiger partial charge in [-0.15, -0.1) is 10.2 Å². The first kappa shape index (κ1) is 12.9. The molecule has 7 heteroatoms. The summed E-state index contributed by atoms with van der Waals surface area (Å²) in [7, 11) is 0. The predicted molar refractivity (Wildman–Crippen MR) is 86.3 cm³/mol. The monoisotopic (exact) mass is 308 g/mol. The number of aryl methyl sites for hydroxylation is 1. The third-order valence-electron chi connectivity index (χ3n) is 3.16. The van der Waals surface area contributed by atoms with Gasteiger partial charge in [0.15, 0.2) is 0 Å². The highest BCUT2D eigenvalue weighted by Crippen LogP contribution is 2.21. The number of nitrogens with one attached hydrogen (secondary N) is 1. The van der Waals surface area contributed by atoms with Crippen molar-refractivity contribution in [1.82, 2.24) is 30.0 Å². The summed E-state index contributed by atoms with van der Waals surface area (Å²) in [5.74, 6) is 0.648. The molecular formula is C15H12N6S. The normalized spacial score (nSPS) is 11.7. The maximum Gasteiger partial charge on any atom is 0.235 e. The summed E-state index contributed by atoms with van der Waals surface area (Å²) in [6.45, 7) is 1.95. The first-order valence-corrected chi connectivity index (χ1v) is 7.59. The van der Waals surface area contributed by atoms with Gasteiger partial charge in [0.25, 0.3) is 0 Å². The fraction of sp³-hybridized carbons (Fsp3) is 0.0667. The average Bonchev–Trinajstić information content (AvgIpc) is 3.21. The second-order valence-electron chi connectivity index (χ2n) is 4.84. The van der Waals surface area contributed by atoms with E-state index in [1.807, 2.05) is 43.3 Å². The van der Waals surface area contributed by atoms with E-state index in [1.54, 1.807) is 4.52 Å². The van der Waals surface area contributed by atoms with Crippen LogP contribution in [0.15, 0.2) is 36.4 Å². The summed E-state index contributed by atoms with van der Waals surface area (Å²) >= 11 is 1.49. The Morgan fingerprint density at radius 1 is 1.14 bits per heavy atom. The molecule has 108 valence electrons. The van der Waals surface area contributed by atoms with Crippen molar-refractivity contribution in [3.8, 4) is 11.5 Å². The highest BCUT2D eigenvalue weighted by atomic mass is 32.1. The van der Waals surface area contributed by atoms with Crippen molar-refractivity contribution >= 4 is 28.4 Å². The van der Waals surface area contributed by atoms with Crippen LogP contribution in [-0.2, 0) is 0 Å². The number of nitrogens with zero attached hydrogens (tertiary/aromatic N) is 5.